The van der Waals surface area contributed by atoms with Crippen molar-refractivity contribution in [3.05, 3.63) is 89.0 Å². The minimum atomic E-state index is -0.999. The lowest BCUT2D eigenvalue weighted by atomic mass is 10.0. The lowest BCUT2D eigenvalue weighted by Gasteiger charge is -2.42. The van der Waals surface area contributed by atoms with Gasteiger partial charge in [-0.1, -0.05) is 23.7 Å². The van der Waals surface area contributed by atoms with Gasteiger partial charge in [-0.2, -0.15) is 0 Å². The third-order valence-electron chi connectivity index (χ3n) is 13.1. The first kappa shape index (κ1) is 53.7. The molecule has 4 aliphatic rings. The molecular weight excluding hydrogens is 985 g/mol. The van der Waals surface area contributed by atoms with Crippen molar-refractivity contribution >= 4 is 81.0 Å². The second-order valence-electron chi connectivity index (χ2n) is 17.8. The summed E-state index contributed by atoms with van der Waals surface area (Å²) in [5.41, 5.74) is 2.15. The number of hydrogen-bond donors (Lipinski definition) is 3. The summed E-state index contributed by atoms with van der Waals surface area (Å²) < 4.78 is 42.1. The fourth-order valence-electron chi connectivity index (χ4n) is 9.23. The molecule has 3 fully saturated rings. The van der Waals surface area contributed by atoms with Gasteiger partial charge in [-0.25, -0.2) is 14.4 Å². The number of piperidine rings is 2. The molecule has 390 valence electrons. The van der Waals surface area contributed by atoms with Crippen molar-refractivity contribution in [2.24, 2.45) is 0 Å². The number of fused-ring (bicyclic) bond motifs is 2. The summed E-state index contributed by atoms with van der Waals surface area (Å²) >= 11 is 7.38. The number of nitrogens with one attached hydrogen (secondary N) is 3. The molecule has 1 unspecified atom stereocenters. The molecule has 1 atom stereocenters. The topological polar surface area (TPSA) is 206 Å². The summed E-state index contributed by atoms with van der Waals surface area (Å²) in [5, 5.41) is 8.92. The van der Waals surface area contributed by atoms with Gasteiger partial charge in [0.25, 0.3) is 11.8 Å². The third kappa shape index (κ3) is 14.4. The van der Waals surface area contributed by atoms with Gasteiger partial charge < -0.3 is 34.3 Å². The van der Waals surface area contributed by atoms with E-state index in [1.165, 1.54) is 37.3 Å². The van der Waals surface area contributed by atoms with Crippen molar-refractivity contribution in [2.75, 3.05) is 129 Å². The number of piperazine rings is 1. The zero-order valence-electron chi connectivity index (χ0n) is 40.8. The van der Waals surface area contributed by atoms with E-state index in [4.69, 9.17) is 35.3 Å². The van der Waals surface area contributed by atoms with Gasteiger partial charge >= 0.3 is 0 Å². The van der Waals surface area contributed by atoms with Crippen LogP contribution in [0.1, 0.15) is 46.4 Å². The molecule has 1 aromatic heterocycles. The summed E-state index contributed by atoms with van der Waals surface area (Å²) in [6, 6.07) is 12.4. The second-order valence-corrected chi connectivity index (χ2v) is 19.3. The summed E-state index contributed by atoms with van der Waals surface area (Å²) in [5.74, 6) is -1.42. The van der Waals surface area contributed by atoms with Crippen LogP contribution in [-0.2, 0) is 33.3 Å². The lowest BCUT2D eigenvalue weighted by molar-refractivity contribution is -0.136. The number of halogens is 2. The number of nitrogens with zero attached hydrogens (tertiary/aromatic N) is 6. The fraction of sp³-hybridized carbons (Fsp3) is 0.471. The number of likely N-dealkylation sites (tertiary alicyclic amines) is 1. The summed E-state index contributed by atoms with van der Waals surface area (Å²) in [6.45, 7) is 11.4. The van der Waals surface area contributed by atoms with Gasteiger partial charge in [0.05, 0.1) is 87.3 Å². The molecule has 19 nitrogen and oxygen atoms in total. The Labute approximate surface area is 432 Å². The number of imide groups is 2. The first-order valence-electron chi connectivity index (χ1n) is 24.6. The molecule has 8 rings (SSSR count). The van der Waals surface area contributed by atoms with Crippen LogP contribution in [0.3, 0.4) is 0 Å². The Morgan fingerprint density at radius 3 is 2.29 bits per heavy atom. The van der Waals surface area contributed by atoms with Crippen molar-refractivity contribution in [2.45, 2.75) is 42.7 Å². The molecule has 5 amide bonds. The molecular formula is C51H61ClFN9O10S. The molecule has 4 aliphatic heterocycles. The number of carbonyl (C=O) groups excluding carboxylic acids is 5. The van der Waals surface area contributed by atoms with Crippen molar-refractivity contribution in [1.82, 2.24) is 34.9 Å². The molecule has 73 heavy (non-hydrogen) atoms. The minimum Gasteiger partial charge on any atom is -0.494 e. The zero-order chi connectivity index (χ0) is 51.1. The zero-order valence-corrected chi connectivity index (χ0v) is 42.4. The largest absolute Gasteiger partial charge is 0.494 e. The van der Waals surface area contributed by atoms with Gasteiger partial charge in [0.15, 0.2) is 0 Å². The number of carbonyl (C=O) groups is 5. The highest BCUT2D eigenvalue weighted by Crippen LogP contribution is 2.36. The Kier molecular flexibility index (Phi) is 19.5. The average molecular weight is 1050 g/mol. The standard InChI is InChI=1S/C51H61ClFN9O10S/c1-68-43-32-40-37(48(55-33-54-40)56-34-7-8-39(53)38(52)30-34)31-41(43)57-45(63)6-3-13-59-14-11-35(12-15-59)61-18-16-60(17-19-61)20-21-69-22-23-70-24-25-71-26-27-72-28-29-73-44-5-2-4-36-47(44)51(67)62(50(36)66)42-9-10-46(64)58-49(42)65/h2-8,30-33,35,42H,9-29H2,1H3,(H,57,63)(H,54,55,56)(H,58,64,65)/b6-3+. The quantitative estimate of drug-likeness (QED) is 0.0345. The molecule has 4 aromatic rings. The number of amides is 5. The van der Waals surface area contributed by atoms with Crippen LogP contribution in [0.2, 0.25) is 5.02 Å². The predicted octanol–water partition coefficient (Wildman–Crippen LogP) is 5.01. The Morgan fingerprint density at radius 1 is 0.849 bits per heavy atom. The van der Waals surface area contributed by atoms with E-state index >= 15 is 0 Å². The van der Waals surface area contributed by atoms with Gasteiger partial charge in [-0.15, -0.1) is 11.8 Å². The highest BCUT2D eigenvalue weighted by molar-refractivity contribution is 7.99. The van der Waals surface area contributed by atoms with Gasteiger partial charge in [0.2, 0.25) is 17.7 Å². The van der Waals surface area contributed by atoms with Gasteiger partial charge in [-0.3, -0.25) is 48.9 Å². The molecule has 5 heterocycles. The van der Waals surface area contributed by atoms with Gasteiger partial charge in [-0.05, 0) is 68.8 Å². The van der Waals surface area contributed by atoms with Crippen LogP contribution >= 0.6 is 23.4 Å². The Hall–Kier alpha value is -5.62. The smallest absolute Gasteiger partial charge is 0.263 e. The van der Waals surface area contributed by atoms with E-state index in [-0.39, 0.29) is 34.9 Å². The highest BCUT2D eigenvalue weighted by atomic mass is 35.5. The monoisotopic (exact) mass is 1050 g/mol. The average Bonchev–Trinajstić information content (AvgIpc) is 3.65. The molecule has 0 saturated carbocycles. The summed E-state index contributed by atoms with van der Waals surface area (Å²) in [4.78, 5) is 81.1. The molecule has 22 heteroatoms. The van der Waals surface area contributed by atoms with E-state index in [1.807, 2.05) is 6.08 Å². The van der Waals surface area contributed by atoms with E-state index < -0.39 is 35.5 Å². The SMILES string of the molecule is COc1cc2ncnc(Nc3ccc(F)c(Cl)c3)c2cc1NC(=O)/C=C/CN1CCC(N2CCN(CCOCCOCCOCCOCCSc3cccc4c3C(=O)N(C3CCC(=O)NC3=O)C4=O)CC2)CC1. The molecule has 0 aliphatic carbocycles. The number of ether oxygens (including phenoxy) is 5. The first-order valence-corrected chi connectivity index (χ1v) is 25.9. The molecule has 0 bridgehead atoms. The van der Waals surface area contributed by atoms with E-state index in [0.717, 1.165) is 63.6 Å². The maximum absolute atomic E-state index is 13.7. The number of thioether (sulfide) groups is 1. The van der Waals surface area contributed by atoms with Crippen molar-refractivity contribution in [1.29, 1.82) is 0 Å². The van der Waals surface area contributed by atoms with Crippen LogP contribution in [0.4, 0.5) is 21.6 Å². The van der Waals surface area contributed by atoms with E-state index in [9.17, 15) is 28.4 Å². The Balaban J connectivity index is 0.621. The van der Waals surface area contributed by atoms with Crippen molar-refractivity contribution < 1.29 is 52.0 Å². The number of anilines is 3. The third-order valence-corrected chi connectivity index (χ3v) is 14.4. The van der Waals surface area contributed by atoms with E-state index in [2.05, 4.69) is 40.6 Å². The van der Waals surface area contributed by atoms with E-state index in [1.54, 1.807) is 42.5 Å². The van der Waals surface area contributed by atoms with Crippen LogP contribution in [0.25, 0.3) is 10.9 Å². The van der Waals surface area contributed by atoms with Crippen LogP contribution in [0, 0.1) is 5.82 Å². The van der Waals surface area contributed by atoms with Crippen molar-refractivity contribution in [3.63, 3.8) is 0 Å². The first-order chi connectivity index (χ1) is 35.6. The van der Waals surface area contributed by atoms with Gasteiger partial charge in [0.1, 0.15) is 29.8 Å². The number of methoxy groups -OCH3 is 1. The molecule has 3 aromatic carbocycles. The summed E-state index contributed by atoms with van der Waals surface area (Å²) in [6.07, 6.45) is 7.21. The number of hydrogen-bond acceptors (Lipinski definition) is 17. The van der Waals surface area contributed by atoms with Gasteiger partial charge in [0, 0.05) is 85.6 Å². The van der Waals surface area contributed by atoms with Crippen LogP contribution in [0.15, 0.2) is 71.9 Å². The maximum Gasteiger partial charge on any atom is 0.263 e. The number of aromatic nitrogens is 2. The van der Waals surface area contributed by atoms with Crippen LogP contribution < -0.4 is 20.7 Å². The molecule has 3 saturated heterocycles. The van der Waals surface area contributed by atoms with Crippen LogP contribution in [-0.4, -0.2) is 189 Å². The minimum absolute atomic E-state index is 0.0158. The highest BCUT2D eigenvalue weighted by Gasteiger charge is 2.45. The Morgan fingerprint density at radius 2 is 1.58 bits per heavy atom. The Bertz CT molecular complexity index is 2630. The van der Waals surface area contributed by atoms with Crippen LogP contribution in [0.5, 0.6) is 5.75 Å². The predicted molar refractivity (Wildman–Crippen MR) is 273 cm³/mol. The number of rotatable bonds is 25. The fourth-order valence-corrected chi connectivity index (χ4v) is 10.4. The summed E-state index contributed by atoms with van der Waals surface area (Å²) in [7, 11) is 1.53. The maximum atomic E-state index is 13.7. The molecule has 0 spiro atoms. The molecule has 0 radical (unpaired) electrons. The second kappa shape index (κ2) is 26.5. The molecule has 3 N–H and O–H groups in total. The normalized spacial score (nSPS) is 18.2. The lowest BCUT2D eigenvalue weighted by Crippen LogP contribution is -2.54. The number of benzene rings is 3. The van der Waals surface area contributed by atoms with E-state index in [0.29, 0.717) is 110 Å². The van der Waals surface area contributed by atoms with Crippen molar-refractivity contribution in [3.8, 4) is 5.75 Å².